The van der Waals surface area contributed by atoms with E-state index in [1.807, 2.05) is 42.5 Å². The number of rotatable bonds is 7. The number of nitrogens with one attached hydrogen (secondary N) is 1. The van der Waals surface area contributed by atoms with Crippen LogP contribution >= 0.6 is 0 Å². The largest absolute Gasteiger partial charge is 0.497 e. The van der Waals surface area contributed by atoms with Gasteiger partial charge in [-0.2, -0.15) is 0 Å². The molecular formula is C21H25NO3. The van der Waals surface area contributed by atoms with Crippen LogP contribution in [0.3, 0.4) is 0 Å². The van der Waals surface area contributed by atoms with Gasteiger partial charge in [-0.15, -0.1) is 0 Å². The zero-order valence-electron chi connectivity index (χ0n) is 14.5. The predicted octanol–water partition coefficient (Wildman–Crippen LogP) is 2.74. The number of aliphatic hydroxyl groups is 1. The highest BCUT2D eigenvalue weighted by Crippen LogP contribution is 2.31. The standard InChI is InChI=1S/C21H25NO3/c1-25-19-9-5-8-16(10-19)12-21(24)22-20(17-13-18(23)14-17)11-15-6-3-2-4-7-15/h2-10,17-18,20,23H,11-14H2,1H3,(H,22,24)/t17?,18?,20-/m0/s1. The van der Waals surface area contributed by atoms with E-state index >= 15 is 0 Å². The molecule has 25 heavy (non-hydrogen) atoms. The molecule has 132 valence electrons. The second-order valence-corrected chi connectivity index (χ2v) is 6.78. The van der Waals surface area contributed by atoms with Crippen LogP contribution < -0.4 is 10.1 Å². The van der Waals surface area contributed by atoms with Crippen molar-refractivity contribution < 1.29 is 14.6 Å². The number of aliphatic hydroxyl groups excluding tert-OH is 1. The third-order valence-electron chi connectivity index (χ3n) is 4.86. The van der Waals surface area contributed by atoms with E-state index in [9.17, 15) is 9.90 Å². The van der Waals surface area contributed by atoms with Gasteiger partial charge in [-0.1, -0.05) is 42.5 Å². The Hall–Kier alpha value is -2.33. The smallest absolute Gasteiger partial charge is 0.224 e. The van der Waals surface area contributed by atoms with E-state index in [4.69, 9.17) is 4.74 Å². The Morgan fingerprint density at radius 2 is 1.88 bits per heavy atom. The fraction of sp³-hybridized carbons (Fsp3) is 0.381. The molecule has 1 amide bonds. The predicted molar refractivity (Wildman–Crippen MR) is 97.5 cm³/mol. The van der Waals surface area contributed by atoms with Crippen LogP contribution in [0.25, 0.3) is 0 Å². The van der Waals surface area contributed by atoms with E-state index in [-0.39, 0.29) is 18.1 Å². The van der Waals surface area contributed by atoms with Crippen molar-refractivity contribution >= 4 is 5.91 Å². The number of carbonyl (C=O) groups excluding carboxylic acids is 1. The zero-order chi connectivity index (χ0) is 17.6. The minimum Gasteiger partial charge on any atom is -0.497 e. The first-order chi connectivity index (χ1) is 12.1. The van der Waals surface area contributed by atoms with Gasteiger partial charge in [0.1, 0.15) is 5.75 Å². The molecule has 0 bridgehead atoms. The van der Waals surface area contributed by atoms with Crippen molar-refractivity contribution in [3.63, 3.8) is 0 Å². The number of hydrogen-bond donors (Lipinski definition) is 2. The molecule has 0 aromatic heterocycles. The van der Waals surface area contributed by atoms with Crippen LogP contribution in [0.5, 0.6) is 5.75 Å². The molecule has 0 spiro atoms. The normalized spacial score (nSPS) is 20.4. The molecule has 0 heterocycles. The SMILES string of the molecule is COc1cccc(CC(=O)N[C@@H](Cc2ccccc2)C2CC(O)C2)c1. The van der Waals surface area contributed by atoms with Crippen molar-refractivity contribution in [1.82, 2.24) is 5.32 Å². The highest BCUT2D eigenvalue weighted by Gasteiger charge is 2.34. The molecule has 2 aromatic carbocycles. The molecule has 0 aliphatic heterocycles. The van der Waals surface area contributed by atoms with Crippen LogP contribution in [0.4, 0.5) is 0 Å². The molecular weight excluding hydrogens is 314 g/mol. The van der Waals surface area contributed by atoms with Crippen molar-refractivity contribution in [2.45, 2.75) is 37.8 Å². The van der Waals surface area contributed by atoms with Crippen molar-refractivity contribution in [3.05, 3.63) is 65.7 Å². The van der Waals surface area contributed by atoms with Gasteiger partial charge in [-0.05, 0) is 48.4 Å². The third kappa shape index (κ3) is 4.83. The van der Waals surface area contributed by atoms with Gasteiger partial charge in [-0.25, -0.2) is 0 Å². The quantitative estimate of drug-likeness (QED) is 0.815. The second-order valence-electron chi connectivity index (χ2n) is 6.78. The summed E-state index contributed by atoms with van der Waals surface area (Å²) >= 11 is 0. The van der Waals surface area contributed by atoms with Crippen molar-refractivity contribution in [1.29, 1.82) is 0 Å². The van der Waals surface area contributed by atoms with Gasteiger partial charge in [0.15, 0.2) is 0 Å². The molecule has 2 aromatic rings. The summed E-state index contributed by atoms with van der Waals surface area (Å²) in [6.07, 6.45) is 2.42. The summed E-state index contributed by atoms with van der Waals surface area (Å²) in [5.74, 6) is 1.10. The van der Waals surface area contributed by atoms with Gasteiger partial charge in [-0.3, -0.25) is 4.79 Å². The molecule has 1 aliphatic rings. The van der Waals surface area contributed by atoms with Gasteiger partial charge < -0.3 is 15.2 Å². The average Bonchev–Trinajstić information content (AvgIpc) is 2.59. The Morgan fingerprint density at radius 1 is 1.16 bits per heavy atom. The number of amides is 1. The number of carbonyl (C=O) groups is 1. The van der Waals surface area contributed by atoms with Crippen LogP contribution in [0.15, 0.2) is 54.6 Å². The van der Waals surface area contributed by atoms with Gasteiger partial charge in [0.05, 0.1) is 19.6 Å². The summed E-state index contributed by atoms with van der Waals surface area (Å²) in [7, 11) is 1.62. The molecule has 4 nitrogen and oxygen atoms in total. The first-order valence-corrected chi connectivity index (χ1v) is 8.78. The Morgan fingerprint density at radius 3 is 2.56 bits per heavy atom. The Bertz CT molecular complexity index is 695. The number of methoxy groups -OCH3 is 1. The molecule has 1 atom stereocenters. The van der Waals surface area contributed by atoms with E-state index < -0.39 is 0 Å². The molecule has 1 aliphatic carbocycles. The molecule has 0 unspecified atom stereocenters. The first kappa shape index (κ1) is 17.5. The molecule has 0 radical (unpaired) electrons. The van der Waals surface area contributed by atoms with Gasteiger partial charge in [0, 0.05) is 6.04 Å². The minimum atomic E-state index is -0.224. The van der Waals surface area contributed by atoms with E-state index in [0.717, 1.165) is 30.6 Å². The summed E-state index contributed by atoms with van der Waals surface area (Å²) in [6, 6.07) is 17.8. The van der Waals surface area contributed by atoms with Crippen molar-refractivity contribution in [2.75, 3.05) is 7.11 Å². The topological polar surface area (TPSA) is 58.6 Å². The first-order valence-electron chi connectivity index (χ1n) is 8.78. The maximum atomic E-state index is 12.5. The lowest BCUT2D eigenvalue weighted by Gasteiger charge is -2.38. The van der Waals surface area contributed by atoms with Crippen LogP contribution in [0.1, 0.15) is 24.0 Å². The summed E-state index contributed by atoms with van der Waals surface area (Å²) in [4.78, 5) is 12.5. The molecule has 1 fully saturated rings. The van der Waals surface area contributed by atoms with Crippen LogP contribution in [-0.4, -0.2) is 30.3 Å². The molecule has 3 rings (SSSR count). The van der Waals surface area contributed by atoms with Crippen LogP contribution in [-0.2, 0) is 17.6 Å². The summed E-state index contributed by atoms with van der Waals surface area (Å²) in [5, 5.41) is 12.8. The lowest BCUT2D eigenvalue weighted by Crippen LogP contribution is -2.48. The Labute approximate surface area is 148 Å². The summed E-state index contributed by atoms with van der Waals surface area (Å²) in [6.45, 7) is 0. The summed E-state index contributed by atoms with van der Waals surface area (Å²) < 4.78 is 5.21. The highest BCUT2D eigenvalue weighted by atomic mass is 16.5. The molecule has 2 N–H and O–H groups in total. The van der Waals surface area contributed by atoms with Crippen molar-refractivity contribution in [2.24, 2.45) is 5.92 Å². The zero-order valence-corrected chi connectivity index (χ0v) is 14.5. The fourth-order valence-corrected chi connectivity index (χ4v) is 3.39. The summed E-state index contributed by atoms with van der Waals surface area (Å²) in [5.41, 5.74) is 2.14. The second kappa shape index (κ2) is 8.17. The molecule has 1 saturated carbocycles. The van der Waals surface area contributed by atoms with Gasteiger partial charge in [0.25, 0.3) is 0 Å². The van der Waals surface area contributed by atoms with E-state index in [2.05, 4.69) is 17.4 Å². The van der Waals surface area contributed by atoms with E-state index in [1.54, 1.807) is 7.11 Å². The Balaban J connectivity index is 1.63. The van der Waals surface area contributed by atoms with E-state index in [0.29, 0.717) is 12.3 Å². The maximum Gasteiger partial charge on any atom is 0.224 e. The average molecular weight is 339 g/mol. The lowest BCUT2D eigenvalue weighted by atomic mass is 9.75. The lowest BCUT2D eigenvalue weighted by molar-refractivity contribution is -0.122. The van der Waals surface area contributed by atoms with Gasteiger partial charge >= 0.3 is 0 Å². The Kier molecular flexibility index (Phi) is 5.71. The van der Waals surface area contributed by atoms with Crippen molar-refractivity contribution in [3.8, 4) is 5.75 Å². The minimum absolute atomic E-state index is 0.00979. The number of benzene rings is 2. The number of ether oxygens (including phenoxy) is 1. The monoisotopic (exact) mass is 339 g/mol. The molecule has 0 saturated heterocycles. The highest BCUT2D eigenvalue weighted by molar-refractivity contribution is 5.79. The van der Waals surface area contributed by atoms with Gasteiger partial charge in [0.2, 0.25) is 5.91 Å². The van der Waals surface area contributed by atoms with E-state index in [1.165, 1.54) is 5.56 Å². The number of hydrogen-bond acceptors (Lipinski definition) is 3. The fourth-order valence-electron chi connectivity index (χ4n) is 3.39. The van der Waals surface area contributed by atoms with Crippen LogP contribution in [0, 0.1) is 5.92 Å². The third-order valence-corrected chi connectivity index (χ3v) is 4.86. The maximum absolute atomic E-state index is 12.5. The molecule has 4 heteroatoms. The van der Waals surface area contributed by atoms with Crippen LogP contribution in [0.2, 0.25) is 0 Å².